The molecule has 0 saturated carbocycles. The molecule has 2 heterocycles. The summed E-state index contributed by atoms with van der Waals surface area (Å²) in [6, 6.07) is 16.1. The molecule has 0 bridgehead atoms. The molecule has 0 aliphatic rings. The van der Waals surface area contributed by atoms with Crippen molar-refractivity contribution in [2.75, 3.05) is 13.7 Å². The summed E-state index contributed by atoms with van der Waals surface area (Å²) < 4.78 is 20.7. The van der Waals surface area contributed by atoms with Crippen LogP contribution in [-0.2, 0) is 27.9 Å². The maximum Gasteiger partial charge on any atom is 0.337 e. The van der Waals surface area contributed by atoms with Crippen molar-refractivity contribution in [1.82, 2.24) is 19.6 Å². The topological polar surface area (TPSA) is 80.4 Å². The highest BCUT2D eigenvalue weighted by Gasteiger charge is 2.30. The lowest BCUT2D eigenvalue weighted by Gasteiger charge is -2.21. The van der Waals surface area contributed by atoms with Crippen LogP contribution in [0.2, 0.25) is 0 Å². The Morgan fingerprint density at radius 2 is 1.73 bits per heavy atom. The van der Waals surface area contributed by atoms with Crippen molar-refractivity contribution < 1.29 is 19.0 Å². The molecule has 4 rings (SSSR count). The van der Waals surface area contributed by atoms with Crippen LogP contribution < -0.4 is 4.74 Å². The molecular weight excluding hydrogens is 468 g/mol. The first-order chi connectivity index (χ1) is 17.4. The Morgan fingerprint density at radius 3 is 2.43 bits per heavy atom. The second-order valence-electron chi connectivity index (χ2n) is 11.0. The van der Waals surface area contributed by atoms with Gasteiger partial charge in [0, 0.05) is 18.0 Å². The van der Waals surface area contributed by atoms with Crippen LogP contribution in [0.4, 0.5) is 0 Å². The molecule has 0 amide bonds. The summed E-state index contributed by atoms with van der Waals surface area (Å²) in [6.45, 7) is 12.5. The van der Waals surface area contributed by atoms with E-state index >= 15 is 0 Å². The number of esters is 1. The number of methoxy groups -OCH3 is 1. The van der Waals surface area contributed by atoms with Crippen LogP contribution in [0.5, 0.6) is 5.75 Å². The molecule has 2 aromatic carbocycles. The number of hydrogen-bond donors (Lipinski definition) is 0. The van der Waals surface area contributed by atoms with Crippen LogP contribution in [0.15, 0.2) is 48.5 Å². The molecule has 8 heteroatoms. The molecule has 0 saturated heterocycles. The number of para-hydroxylation sites is 1. The highest BCUT2D eigenvalue weighted by Crippen LogP contribution is 2.32. The van der Waals surface area contributed by atoms with Gasteiger partial charge in [0.15, 0.2) is 5.60 Å². The fourth-order valence-electron chi connectivity index (χ4n) is 4.16. The lowest BCUT2D eigenvalue weighted by Crippen LogP contribution is -2.35. The average Bonchev–Trinajstić information content (AvgIpc) is 3.41. The number of nitrogens with zero attached hydrogens (tertiary/aromatic N) is 4. The Morgan fingerprint density at radius 1 is 1.00 bits per heavy atom. The van der Waals surface area contributed by atoms with E-state index in [0.29, 0.717) is 12.3 Å². The number of aryl methyl sites for hydroxylation is 2. The van der Waals surface area contributed by atoms with Crippen LogP contribution in [0.1, 0.15) is 46.0 Å². The van der Waals surface area contributed by atoms with Crippen LogP contribution >= 0.6 is 0 Å². The molecule has 0 fully saturated rings. The first kappa shape index (κ1) is 26.4. The number of rotatable bonds is 8. The van der Waals surface area contributed by atoms with Gasteiger partial charge in [-0.2, -0.15) is 10.2 Å². The maximum atomic E-state index is 12.1. The monoisotopic (exact) mass is 504 g/mol. The lowest BCUT2D eigenvalue weighted by molar-refractivity contribution is -0.166. The van der Waals surface area contributed by atoms with Crippen molar-refractivity contribution in [2.45, 2.75) is 53.8 Å². The zero-order chi connectivity index (χ0) is 27.0. The number of benzene rings is 2. The van der Waals surface area contributed by atoms with Crippen LogP contribution in [-0.4, -0.2) is 44.8 Å². The zero-order valence-corrected chi connectivity index (χ0v) is 23.0. The Kier molecular flexibility index (Phi) is 7.15. The molecule has 0 N–H and O–H groups in total. The van der Waals surface area contributed by atoms with Crippen LogP contribution in [0.25, 0.3) is 27.8 Å². The van der Waals surface area contributed by atoms with E-state index in [1.165, 1.54) is 7.11 Å². The van der Waals surface area contributed by atoms with E-state index < -0.39 is 11.6 Å². The van der Waals surface area contributed by atoms with E-state index in [9.17, 15) is 4.79 Å². The predicted octanol–water partition coefficient (Wildman–Crippen LogP) is 5.63. The van der Waals surface area contributed by atoms with Crippen molar-refractivity contribution in [2.24, 2.45) is 12.5 Å². The third-order valence-electron chi connectivity index (χ3n) is 6.08. The van der Waals surface area contributed by atoms with Gasteiger partial charge < -0.3 is 14.2 Å². The van der Waals surface area contributed by atoms with Crippen molar-refractivity contribution in [1.29, 1.82) is 0 Å². The standard InChI is InChI=1S/C29H36N4O4/c1-19-23-13-10-14-24(26(23)32(7)30-19)33-25(16-21(31-33)17-37-29(5,6)27(34)35-8)20-11-9-12-22(15-20)36-18-28(2,3)4/h9-16H,17-18H2,1-8H3. The maximum absolute atomic E-state index is 12.1. The van der Waals surface area contributed by atoms with E-state index in [0.717, 1.165) is 39.3 Å². The van der Waals surface area contributed by atoms with Crippen LogP contribution in [0, 0.1) is 12.3 Å². The highest BCUT2D eigenvalue weighted by atomic mass is 16.6. The number of ether oxygens (including phenoxy) is 3. The van der Waals surface area contributed by atoms with Gasteiger partial charge >= 0.3 is 5.97 Å². The molecule has 37 heavy (non-hydrogen) atoms. The molecule has 0 spiro atoms. The Labute approximate surface area is 218 Å². The van der Waals surface area contributed by atoms with Crippen LogP contribution in [0.3, 0.4) is 0 Å². The Bertz CT molecular complexity index is 1430. The summed E-state index contributed by atoms with van der Waals surface area (Å²) in [6.07, 6.45) is 0. The van der Waals surface area contributed by atoms with Gasteiger partial charge in [0.1, 0.15) is 5.75 Å². The molecule has 0 radical (unpaired) electrons. The number of hydrogen-bond acceptors (Lipinski definition) is 6. The average molecular weight is 505 g/mol. The van der Waals surface area contributed by atoms with E-state index in [4.69, 9.17) is 19.3 Å². The van der Waals surface area contributed by atoms with Crippen molar-refractivity contribution in [3.8, 4) is 22.7 Å². The third-order valence-corrected chi connectivity index (χ3v) is 6.08. The van der Waals surface area contributed by atoms with Gasteiger partial charge in [0.25, 0.3) is 0 Å². The minimum atomic E-state index is -1.10. The summed E-state index contributed by atoms with van der Waals surface area (Å²) in [5, 5.41) is 10.6. The SMILES string of the molecule is COC(=O)C(C)(C)OCc1cc(-c2cccc(OCC(C)(C)C)c2)n(-c2cccc3c(C)nn(C)c23)n1. The van der Waals surface area contributed by atoms with E-state index in [2.05, 4.69) is 31.9 Å². The second-order valence-corrected chi connectivity index (χ2v) is 11.0. The van der Waals surface area contributed by atoms with Crippen molar-refractivity contribution >= 4 is 16.9 Å². The van der Waals surface area contributed by atoms with E-state index in [1.54, 1.807) is 13.8 Å². The molecule has 196 valence electrons. The van der Waals surface area contributed by atoms with Gasteiger partial charge in [-0.05, 0) is 50.5 Å². The molecule has 2 aromatic heterocycles. The number of carbonyl (C=O) groups is 1. The van der Waals surface area contributed by atoms with Gasteiger partial charge in [-0.3, -0.25) is 4.68 Å². The smallest absolute Gasteiger partial charge is 0.337 e. The van der Waals surface area contributed by atoms with Gasteiger partial charge in [0.2, 0.25) is 0 Å². The van der Waals surface area contributed by atoms with Crippen molar-refractivity contribution in [3.05, 3.63) is 59.9 Å². The first-order valence-corrected chi connectivity index (χ1v) is 12.4. The summed E-state index contributed by atoms with van der Waals surface area (Å²) in [7, 11) is 3.29. The second kappa shape index (κ2) is 10.0. The van der Waals surface area contributed by atoms with E-state index in [-0.39, 0.29) is 12.0 Å². The number of carbonyl (C=O) groups excluding carboxylic acids is 1. The quantitative estimate of drug-likeness (QED) is 0.290. The molecule has 0 aliphatic carbocycles. The molecule has 0 atom stereocenters. The fraction of sp³-hybridized carbons (Fsp3) is 0.414. The largest absolute Gasteiger partial charge is 0.493 e. The Balaban J connectivity index is 1.80. The summed E-state index contributed by atoms with van der Waals surface area (Å²) >= 11 is 0. The van der Waals surface area contributed by atoms with Gasteiger partial charge in [0.05, 0.1) is 48.6 Å². The third kappa shape index (κ3) is 5.69. The minimum absolute atomic E-state index is 0.0434. The summed E-state index contributed by atoms with van der Waals surface area (Å²) in [4.78, 5) is 12.1. The minimum Gasteiger partial charge on any atom is -0.493 e. The van der Waals surface area contributed by atoms with Crippen molar-refractivity contribution in [3.63, 3.8) is 0 Å². The summed E-state index contributed by atoms with van der Waals surface area (Å²) in [5.74, 6) is 0.352. The Hall–Kier alpha value is -3.65. The molecule has 8 nitrogen and oxygen atoms in total. The molecule has 0 aliphatic heterocycles. The summed E-state index contributed by atoms with van der Waals surface area (Å²) in [5.41, 5.74) is 4.29. The van der Waals surface area contributed by atoms with Gasteiger partial charge in [-0.1, -0.05) is 45.0 Å². The normalized spacial score (nSPS) is 12.2. The lowest BCUT2D eigenvalue weighted by atomic mass is 9.99. The fourth-order valence-corrected chi connectivity index (χ4v) is 4.16. The molecule has 0 unspecified atom stereocenters. The van der Waals surface area contributed by atoms with Gasteiger partial charge in [-0.15, -0.1) is 0 Å². The zero-order valence-electron chi connectivity index (χ0n) is 23.0. The molecule has 4 aromatic rings. The molecular formula is C29H36N4O4. The number of aromatic nitrogens is 4. The predicted molar refractivity (Wildman–Crippen MR) is 144 cm³/mol. The highest BCUT2D eigenvalue weighted by molar-refractivity contribution is 5.89. The van der Waals surface area contributed by atoms with E-state index in [1.807, 2.05) is 65.8 Å². The first-order valence-electron chi connectivity index (χ1n) is 12.4. The number of fused-ring (bicyclic) bond motifs is 1. The van der Waals surface area contributed by atoms with Gasteiger partial charge in [-0.25, -0.2) is 9.48 Å².